The Bertz CT molecular complexity index is 308. The van der Waals surface area contributed by atoms with Crippen LogP contribution in [0, 0.1) is 12.0 Å². The molecule has 2 nitrogen and oxygen atoms in total. The Hall–Kier alpha value is -0.730. The fraction of sp³-hybridized carbons (Fsp3) is 0.500. The van der Waals surface area contributed by atoms with Gasteiger partial charge >= 0.3 is 0 Å². The zero-order valence-electron chi connectivity index (χ0n) is 8.54. The van der Waals surface area contributed by atoms with Crippen molar-refractivity contribution in [1.82, 2.24) is 0 Å². The molecular formula is C12H14ClO2. The third-order valence-electron chi connectivity index (χ3n) is 2.59. The molecule has 81 valence electrons. The molecule has 1 aliphatic heterocycles. The van der Waals surface area contributed by atoms with Crippen LogP contribution >= 0.6 is 11.6 Å². The predicted molar refractivity (Wildman–Crippen MR) is 59.3 cm³/mol. The summed E-state index contributed by atoms with van der Waals surface area (Å²) in [6.45, 7) is 2.42. The fourth-order valence-corrected chi connectivity index (χ4v) is 1.80. The summed E-state index contributed by atoms with van der Waals surface area (Å²) in [5.41, 5.74) is 0. The summed E-state index contributed by atoms with van der Waals surface area (Å²) < 4.78 is 10.9. The molecule has 1 saturated heterocycles. The molecule has 0 saturated carbocycles. The molecule has 0 bridgehead atoms. The minimum absolute atomic E-state index is 0.593. The standard InChI is InChI=1S/C12H14ClO2/c13-11-3-1-2-4-12(11)15-9-10-5-7-14-8-6-10/h1,3-4,10H,5-9H2. The molecule has 1 aliphatic rings. The van der Waals surface area contributed by atoms with Gasteiger partial charge in [0.1, 0.15) is 5.75 Å². The van der Waals surface area contributed by atoms with Gasteiger partial charge in [0.05, 0.1) is 11.6 Å². The third-order valence-corrected chi connectivity index (χ3v) is 2.90. The fourth-order valence-electron chi connectivity index (χ4n) is 1.63. The van der Waals surface area contributed by atoms with Gasteiger partial charge in [-0.3, -0.25) is 0 Å². The smallest absolute Gasteiger partial charge is 0.138 e. The van der Waals surface area contributed by atoms with Crippen molar-refractivity contribution in [3.63, 3.8) is 0 Å². The highest BCUT2D eigenvalue weighted by atomic mass is 35.5. The highest BCUT2D eigenvalue weighted by Gasteiger charge is 2.14. The van der Waals surface area contributed by atoms with Gasteiger partial charge in [-0.05, 0) is 37.0 Å². The van der Waals surface area contributed by atoms with E-state index in [4.69, 9.17) is 21.1 Å². The zero-order chi connectivity index (χ0) is 10.5. The van der Waals surface area contributed by atoms with Crippen molar-refractivity contribution in [3.05, 3.63) is 29.3 Å². The summed E-state index contributed by atoms with van der Waals surface area (Å²) in [6.07, 6.45) is 2.16. The van der Waals surface area contributed by atoms with Crippen LogP contribution in [0.4, 0.5) is 0 Å². The lowest BCUT2D eigenvalue weighted by molar-refractivity contribution is 0.0498. The van der Waals surface area contributed by atoms with Gasteiger partial charge in [0.25, 0.3) is 0 Å². The molecule has 1 heterocycles. The minimum atomic E-state index is 0.593. The van der Waals surface area contributed by atoms with Crippen LogP contribution in [-0.2, 0) is 4.74 Å². The maximum Gasteiger partial charge on any atom is 0.138 e. The summed E-state index contributed by atoms with van der Waals surface area (Å²) in [6, 6.07) is 8.31. The monoisotopic (exact) mass is 225 g/mol. The number of halogens is 1. The van der Waals surface area contributed by atoms with Crippen molar-refractivity contribution in [2.75, 3.05) is 19.8 Å². The average molecular weight is 226 g/mol. The van der Waals surface area contributed by atoms with Crippen molar-refractivity contribution < 1.29 is 9.47 Å². The molecule has 0 aliphatic carbocycles. The Morgan fingerprint density at radius 2 is 2.27 bits per heavy atom. The summed E-state index contributed by atoms with van der Waals surface area (Å²) in [7, 11) is 0. The number of rotatable bonds is 3. The lowest BCUT2D eigenvalue weighted by atomic mass is 10.0. The summed E-state index contributed by atoms with van der Waals surface area (Å²) in [5, 5.41) is 0.654. The average Bonchev–Trinajstić information content (AvgIpc) is 2.29. The quantitative estimate of drug-likeness (QED) is 0.788. The maximum atomic E-state index is 5.97. The topological polar surface area (TPSA) is 18.5 Å². The molecule has 1 fully saturated rings. The van der Waals surface area contributed by atoms with E-state index in [2.05, 4.69) is 6.07 Å². The molecule has 0 atom stereocenters. The van der Waals surface area contributed by atoms with E-state index in [1.165, 1.54) is 0 Å². The molecule has 15 heavy (non-hydrogen) atoms. The normalized spacial score (nSPS) is 17.7. The third kappa shape index (κ3) is 3.11. The highest BCUT2D eigenvalue weighted by molar-refractivity contribution is 6.32. The molecule has 1 radical (unpaired) electrons. The van der Waals surface area contributed by atoms with Gasteiger partial charge in [-0.25, -0.2) is 0 Å². The van der Waals surface area contributed by atoms with Crippen LogP contribution in [0.1, 0.15) is 12.8 Å². The second-order valence-corrected chi connectivity index (χ2v) is 4.13. The SMILES string of the molecule is Clc1cc[c]cc1OCC1CCOCC1. The van der Waals surface area contributed by atoms with Gasteiger partial charge in [0.2, 0.25) is 0 Å². The largest absolute Gasteiger partial charge is 0.492 e. The van der Waals surface area contributed by atoms with E-state index >= 15 is 0 Å². The molecule has 1 aromatic rings. The van der Waals surface area contributed by atoms with E-state index in [1.54, 1.807) is 18.2 Å². The van der Waals surface area contributed by atoms with Crippen LogP contribution in [0.15, 0.2) is 18.2 Å². The van der Waals surface area contributed by atoms with Gasteiger partial charge in [-0.15, -0.1) is 0 Å². The van der Waals surface area contributed by atoms with Crippen molar-refractivity contribution >= 4 is 11.6 Å². The second kappa shape index (κ2) is 5.38. The van der Waals surface area contributed by atoms with Crippen LogP contribution < -0.4 is 4.74 Å². The van der Waals surface area contributed by atoms with E-state index in [1.807, 2.05) is 0 Å². The van der Waals surface area contributed by atoms with E-state index in [0.29, 0.717) is 10.9 Å². The van der Waals surface area contributed by atoms with Gasteiger partial charge in [0.15, 0.2) is 0 Å². The van der Waals surface area contributed by atoms with Crippen LogP contribution in [0.25, 0.3) is 0 Å². The first kappa shape index (κ1) is 10.8. The molecule has 0 unspecified atom stereocenters. The Labute approximate surface area is 95.1 Å². The van der Waals surface area contributed by atoms with Crippen LogP contribution in [-0.4, -0.2) is 19.8 Å². The number of ether oxygens (including phenoxy) is 2. The number of hydrogen-bond acceptors (Lipinski definition) is 2. The van der Waals surface area contributed by atoms with E-state index < -0.39 is 0 Å². The predicted octanol–water partition coefficient (Wildman–Crippen LogP) is 2.95. The van der Waals surface area contributed by atoms with Gasteiger partial charge in [-0.1, -0.05) is 17.7 Å². The Kier molecular flexibility index (Phi) is 3.87. The van der Waals surface area contributed by atoms with E-state index in [9.17, 15) is 0 Å². The van der Waals surface area contributed by atoms with Crippen molar-refractivity contribution in [3.8, 4) is 5.75 Å². The van der Waals surface area contributed by atoms with E-state index in [-0.39, 0.29) is 0 Å². The molecule has 3 heteroatoms. The maximum absolute atomic E-state index is 5.97. The lowest BCUT2D eigenvalue weighted by Gasteiger charge is -2.22. The lowest BCUT2D eigenvalue weighted by Crippen LogP contribution is -2.21. The van der Waals surface area contributed by atoms with Crippen LogP contribution in [0.3, 0.4) is 0 Å². The first-order valence-electron chi connectivity index (χ1n) is 5.22. The van der Waals surface area contributed by atoms with Crippen molar-refractivity contribution in [2.45, 2.75) is 12.8 Å². The zero-order valence-corrected chi connectivity index (χ0v) is 9.30. The summed E-state index contributed by atoms with van der Waals surface area (Å²) in [4.78, 5) is 0. The highest BCUT2D eigenvalue weighted by Crippen LogP contribution is 2.24. The van der Waals surface area contributed by atoms with E-state index in [0.717, 1.165) is 38.4 Å². The van der Waals surface area contributed by atoms with Crippen LogP contribution in [0.5, 0.6) is 5.75 Å². The van der Waals surface area contributed by atoms with Gasteiger partial charge in [-0.2, -0.15) is 0 Å². The molecule has 0 N–H and O–H groups in total. The number of hydrogen-bond donors (Lipinski definition) is 0. The summed E-state index contributed by atoms with van der Waals surface area (Å²) >= 11 is 5.97. The number of benzene rings is 1. The molecule has 0 aromatic heterocycles. The molecule has 0 amide bonds. The Morgan fingerprint density at radius 1 is 1.47 bits per heavy atom. The van der Waals surface area contributed by atoms with Gasteiger partial charge < -0.3 is 9.47 Å². The summed E-state index contributed by atoms with van der Waals surface area (Å²) in [5.74, 6) is 1.32. The molecule has 2 rings (SSSR count). The van der Waals surface area contributed by atoms with Gasteiger partial charge in [0, 0.05) is 13.2 Å². The first-order chi connectivity index (χ1) is 7.36. The Balaban J connectivity index is 1.84. The minimum Gasteiger partial charge on any atom is -0.492 e. The molecular weight excluding hydrogens is 212 g/mol. The first-order valence-corrected chi connectivity index (χ1v) is 5.60. The van der Waals surface area contributed by atoms with Crippen molar-refractivity contribution in [2.24, 2.45) is 5.92 Å². The van der Waals surface area contributed by atoms with Crippen molar-refractivity contribution in [1.29, 1.82) is 0 Å². The molecule has 0 spiro atoms. The molecule has 1 aromatic carbocycles. The second-order valence-electron chi connectivity index (χ2n) is 3.72. The van der Waals surface area contributed by atoms with Crippen LogP contribution in [0.2, 0.25) is 5.02 Å². The Morgan fingerprint density at radius 3 is 3.00 bits per heavy atom.